The third-order valence-electron chi connectivity index (χ3n) is 2.48. The minimum absolute atomic E-state index is 0.0266. The van der Waals surface area contributed by atoms with Gasteiger partial charge < -0.3 is 0 Å². The first kappa shape index (κ1) is 14.0. The van der Waals surface area contributed by atoms with E-state index in [-0.39, 0.29) is 11.3 Å². The molecule has 0 bridgehead atoms. The van der Waals surface area contributed by atoms with E-state index < -0.39 is 26.6 Å². The number of para-hydroxylation sites is 1. The van der Waals surface area contributed by atoms with Crippen LogP contribution in [0.15, 0.2) is 47.4 Å². The molecule has 0 aliphatic carbocycles. The number of hydrogen-bond donors (Lipinski definition) is 1. The van der Waals surface area contributed by atoms with Gasteiger partial charge in [0.25, 0.3) is 10.0 Å². The Morgan fingerprint density at radius 3 is 2.45 bits per heavy atom. The number of sulfonamides is 1. The van der Waals surface area contributed by atoms with Crippen molar-refractivity contribution in [2.45, 2.75) is 4.90 Å². The van der Waals surface area contributed by atoms with Crippen molar-refractivity contribution >= 4 is 15.7 Å². The SMILES string of the molecule is N#Cc1ccccc1NS(=O)(=O)c1ccc(F)cc1F. The highest BCUT2D eigenvalue weighted by molar-refractivity contribution is 7.92. The molecule has 20 heavy (non-hydrogen) atoms. The summed E-state index contributed by atoms with van der Waals surface area (Å²) >= 11 is 0. The molecule has 0 aliphatic heterocycles. The Morgan fingerprint density at radius 2 is 1.80 bits per heavy atom. The van der Waals surface area contributed by atoms with E-state index in [9.17, 15) is 17.2 Å². The molecule has 0 atom stereocenters. The maximum Gasteiger partial charge on any atom is 0.264 e. The molecule has 0 radical (unpaired) electrons. The van der Waals surface area contributed by atoms with E-state index in [1.165, 1.54) is 18.2 Å². The number of nitrogens with zero attached hydrogens (tertiary/aromatic N) is 1. The van der Waals surface area contributed by atoms with Crippen LogP contribution in [0.4, 0.5) is 14.5 Å². The van der Waals surface area contributed by atoms with Gasteiger partial charge in [-0.25, -0.2) is 17.2 Å². The lowest BCUT2D eigenvalue weighted by Gasteiger charge is -2.09. The molecule has 2 rings (SSSR count). The first-order chi connectivity index (χ1) is 9.44. The lowest BCUT2D eigenvalue weighted by molar-refractivity contribution is 0.551. The Kier molecular flexibility index (Phi) is 3.68. The van der Waals surface area contributed by atoms with Gasteiger partial charge in [-0.3, -0.25) is 4.72 Å². The summed E-state index contributed by atoms with van der Waals surface area (Å²) in [6, 6.07) is 9.83. The van der Waals surface area contributed by atoms with E-state index in [2.05, 4.69) is 4.72 Å². The van der Waals surface area contributed by atoms with Crippen LogP contribution in [0.2, 0.25) is 0 Å². The zero-order valence-corrected chi connectivity index (χ0v) is 10.8. The van der Waals surface area contributed by atoms with E-state index in [0.717, 1.165) is 12.1 Å². The van der Waals surface area contributed by atoms with Crippen LogP contribution in [0.5, 0.6) is 0 Å². The minimum Gasteiger partial charge on any atom is -0.278 e. The van der Waals surface area contributed by atoms with Crippen LogP contribution in [0.1, 0.15) is 5.56 Å². The van der Waals surface area contributed by atoms with Crippen molar-refractivity contribution in [3.63, 3.8) is 0 Å². The molecule has 0 aromatic heterocycles. The van der Waals surface area contributed by atoms with E-state index in [1.54, 1.807) is 6.07 Å². The van der Waals surface area contributed by atoms with E-state index in [4.69, 9.17) is 5.26 Å². The highest BCUT2D eigenvalue weighted by atomic mass is 32.2. The van der Waals surface area contributed by atoms with Crippen molar-refractivity contribution in [1.82, 2.24) is 0 Å². The zero-order valence-electron chi connectivity index (χ0n) is 9.97. The summed E-state index contributed by atoms with van der Waals surface area (Å²) < 4.78 is 52.4. The summed E-state index contributed by atoms with van der Waals surface area (Å²) in [6.45, 7) is 0. The number of halogens is 2. The fourth-order valence-corrected chi connectivity index (χ4v) is 2.70. The predicted molar refractivity (Wildman–Crippen MR) is 68.3 cm³/mol. The second kappa shape index (κ2) is 5.27. The average Bonchev–Trinajstić information content (AvgIpc) is 2.38. The molecule has 0 heterocycles. The molecular formula is C13H8F2N2O2S. The van der Waals surface area contributed by atoms with Crippen molar-refractivity contribution in [3.8, 4) is 6.07 Å². The topological polar surface area (TPSA) is 70.0 Å². The standard InChI is InChI=1S/C13H8F2N2O2S/c14-10-5-6-13(11(15)7-10)20(18,19)17-12-4-2-1-3-9(12)8-16/h1-7,17H. The smallest absolute Gasteiger partial charge is 0.264 e. The number of anilines is 1. The second-order valence-corrected chi connectivity index (χ2v) is 5.49. The van der Waals surface area contributed by atoms with Gasteiger partial charge in [-0.05, 0) is 24.3 Å². The van der Waals surface area contributed by atoms with Crippen LogP contribution in [0, 0.1) is 23.0 Å². The van der Waals surface area contributed by atoms with E-state index >= 15 is 0 Å². The van der Waals surface area contributed by atoms with Gasteiger partial charge in [0, 0.05) is 6.07 Å². The van der Waals surface area contributed by atoms with Crippen molar-refractivity contribution < 1.29 is 17.2 Å². The molecule has 0 unspecified atom stereocenters. The molecule has 102 valence electrons. The Hall–Kier alpha value is -2.46. The Balaban J connectivity index is 2.44. The normalized spacial score (nSPS) is 10.8. The summed E-state index contributed by atoms with van der Waals surface area (Å²) in [6.07, 6.45) is 0. The Labute approximate surface area is 114 Å². The lowest BCUT2D eigenvalue weighted by Crippen LogP contribution is -2.15. The van der Waals surface area contributed by atoms with Gasteiger partial charge in [-0.2, -0.15) is 5.26 Å². The van der Waals surface area contributed by atoms with Gasteiger partial charge in [0.15, 0.2) is 0 Å². The first-order valence-electron chi connectivity index (χ1n) is 5.41. The number of rotatable bonds is 3. The second-order valence-electron chi connectivity index (χ2n) is 3.84. The third kappa shape index (κ3) is 2.75. The third-order valence-corrected chi connectivity index (χ3v) is 3.87. The zero-order chi connectivity index (χ0) is 14.8. The fourth-order valence-electron chi connectivity index (χ4n) is 1.56. The van der Waals surface area contributed by atoms with Crippen LogP contribution in [0.25, 0.3) is 0 Å². The van der Waals surface area contributed by atoms with Crippen LogP contribution < -0.4 is 4.72 Å². The highest BCUT2D eigenvalue weighted by Crippen LogP contribution is 2.21. The summed E-state index contributed by atoms with van der Waals surface area (Å²) in [4.78, 5) is -0.688. The molecule has 0 spiro atoms. The van der Waals surface area contributed by atoms with Crippen molar-refractivity contribution in [2.75, 3.05) is 4.72 Å². The quantitative estimate of drug-likeness (QED) is 0.946. The van der Waals surface area contributed by atoms with Gasteiger partial charge in [-0.1, -0.05) is 12.1 Å². The van der Waals surface area contributed by atoms with Crippen molar-refractivity contribution in [3.05, 3.63) is 59.7 Å². The Morgan fingerprint density at radius 1 is 1.10 bits per heavy atom. The van der Waals surface area contributed by atoms with Crippen LogP contribution >= 0.6 is 0 Å². The monoisotopic (exact) mass is 294 g/mol. The maximum absolute atomic E-state index is 13.5. The van der Waals surface area contributed by atoms with Gasteiger partial charge in [0.2, 0.25) is 0 Å². The van der Waals surface area contributed by atoms with Gasteiger partial charge in [0.1, 0.15) is 22.6 Å². The van der Waals surface area contributed by atoms with Crippen molar-refractivity contribution in [1.29, 1.82) is 5.26 Å². The number of nitrogens with one attached hydrogen (secondary N) is 1. The number of nitriles is 1. The first-order valence-corrected chi connectivity index (χ1v) is 6.89. The van der Waals surface area contributed by atoms with Crippen molar-refractivity contribution in [2.24, 2.45) is 0 Å². The maximum atomic E-state index is 13.5. The molecule has 0 fully saturated rings. The summed E-state index contributed by atoms with van der Waals surface area (Å²) in [5.41, 5.74) is 0.123. The van der Waals surface area contributed by atoms with Crippen LogP contribution in [-0.4, -0.2) is 8.42 Å². The molecule has 2 aromatic rings. The largest absolute Gasteiger partial charge is 0.278 e. The van der Waals surface area contributed by atoms with Gasteiger partial charge in [0.05, 0.1) is 11.3 Å². The Bertz CT molecular complexity index is 798. The molecule has 0 saturated carbocycles. The molecule has 0 amide bonds. The minimum atomic E-state index is -4.24. The van der Waals surface area contributed by atoms with Gasteiger partial charge >= 0.3 is 0 Å². The van der Waals surface area contributed by atoms with Crippen LogP contribution in [-0.2, 0) is 10.0 Å². The highest BCUT2D eigenvalue weighted by Gasteiger charge is 2.20. The number of benzene rings is 2. The summed E-state index contributed by atoms with van der Waals surface area (Å²) in [7, 11) is -4.24. The summed E-state index contributed by atoms with van der Waals surface area (Å²) in [5, 5.41) is 8.87. The molecule has 1 N–H and O–H groups in total. The number of hydrogen-bond acceptors (Lipinski definition) is 3. The molecular weight excluding hydrogens is 286 g/mol. The van der Waals surface area contributed by atoms with E-state index in [1.807, 2.05) is 6.07 Å². The molecule has 4 nitrogen and oxygen atoms in total. The molecule has 0 aliphatic rings. The van der Waals surface area contributed by atoms with Gasteiger partial charge in [-0.15, -0.1) is 0 Å². The lowest BCUT2D eigenvalue weighted by atomic mass is 10.2. The molecule has 7 heteroatoms. The molecule has 0 saturated heterocycles. The summed E-state index contributed by atoms with van der Waals surface area (Å²) in [5.74, 6) is -2.08. The van der Waals surface area contributed by atoms with Crippen LogP contribution in [0.3, 0.4) is 0 Å². The predicted octanol–water partition coefficient (Wildman–Crippen LogP) is 2.64. The van der Waals surface area contributed by atoms with E-state index in [0.29, 0.717) is 6.07 Å². The molecule has 2 aromatic carbocycles. The average molecular weight is 294 g/mol. The fraction of sp³-hybridized carbons (Fsp3) is 0.